The van der Waals surface area contributed by atoms with Crippen LogP contribution in [0.2, 0.25) is 0 Å². The lowest BCUT2D eigenvalue weighted by atomic mass is 10.1. The van der Waals surface area contributed by atoms with E-state index in [1.54, 1.807) is 0 Å². The Kier molecular flexibility index (Phi) is 12.2. The van der Waals surface area contributed by atoms with Crippen LogP contribution in [-0.2, 0) is 0 Å². The van der Waals surface area contributed by atoms with Crippen molar-refractivity contribution in [3.8, 4) is 51.7 Å². The fourth-order valence-electron chi connectivity index (χ4n) is 9.29. The number of hydrogen-bond acceptors (Lipinski definition) is 6. The molecule has 0 atom stereocenters. The van der Waals surface area contributed by atoms with Crippen LogP contribution in [0.3, 0.4) is 0 Å². The van der Waals surface area contributed by atoms with Crippen LogP contribution in [0.5, 0.6) is 46.0 Å². The first-order valence-electron chi connectivity index (χ1n) is 24.2. The van der Waals surface area contributed by atoms with Crippen molar-refractivity contribution >= 4 is 55.9 Å². The molecule has 1 aromatic heterocycles. The van der Waals surface area contributed by atoms with Gasteiger partial charge in [-0.05, 0) is 109 Å². The summed E-state index contributed by atoms with van der Waals surface area (Å²) in [4.78, 5) is 4.41. The van der Waals surface area contributed by atoms with Crippen LogP contribution < -0.4 is 28.7 Å². The van der Waals surface area contributed by atoms with Crippen LogP contribution in [0, 0.1) is 0 Å². The van der Waals surface area contributed by atoms with Crippen molar-refractivity contribution in [3.05, 3.63) is 285 Å². The molecule has 0 amide bonds. The lowest BCUT2D eigenvalue weighted by molar-refractivity contribution is 0.460. The van der Waals surface area contributed by atoms with Gasteiger partial charge in [0.25, 0.3) is 0 Å². The number of nitrogens with zero attached hydrogens (tertiary/aromatic N) is 3. The monoisotopic (exact) mass is 945 g/mol. The largest absolute Gasteiger partial charge is 0.457 e. The van der Waals surface area contributed by atoms with E-state index in [1.807, 2.05) is 176 Å². The van der Waals surface area contributed by atoms with Crippen molar-refractivity contribution in [2.75, 3.05) is 9.80 Å². The molecular formula is C66H47N3O4. The molecule has 1 heterocycles. The third kappa shape index (κ3) is 9.67. The summed E-state index contributed by atoms with van der Waals surface area (Å²) in [5, 5.41) is 2.14. The smallest absolute Gasteiger partial charge is 0.133 e. The molecule has 0 saturated heterocycles. The molecule has 0 aliphatic carbocycles. The quantitative estimate of drug-likeness (QED) is 0.102. The molecule has 0 spiro atoms. The number of ether oxygens (including phenoxy) is 4. The van der Waals surface area contributed by atoms with E-state index >= 15 is 0 Å². The first-order chi connectivity index (χ1) is 36.1. The lowest BCUT2D eigenvalue weighted by Gasteiger charge is -2.26. The minimum absolute atomic E-state index is 0.619. The lowest BCUT2D eigenvalue weighted by Crippen LogP contribution is -2.10. The Bertz CT molecular complexity index is 3470. The maximum absolute atomic E-state index is 6.90. The van der Waals surface area contributed by atoms with Gasteiger partial charge in [-0.15, -0.1) is 0 Å². The molecule has 0 aliphatic heterocycles. The molecular weight excluding hydrogens is 899 g/mol. The van der Waals surface area contributed by atoms with E-state index in [2.05, 4.69) is 124 Å². The van der Waals surface area contributed by atoms with Crippen molar-refractivity contribution in [3.63, 3.8) is 0 Å². The van der Waals surface area contributed by atoms with Crippen LogP contribution in [-0.4, -0.2) is 4.57 Å². The second-order valence-electron chi connectivity index (χ2n) is 17.4. The van der Waals surface area contributed by atoms with Crippen molar-refractivity contribution in [1.29, 1.82) is 0 Å². The van der Waals surface area contributed by atoms with Gasteiger partial charge in [0.1, 0.15) is 46.0 Å². The Morgan fingerprint density at radius 3 is 0.836 bits per heavy atom. The van der Waals surface area contributed by atoms with Crippen molar-refractivity contribution < 1.29 is 18.9 Å². The average Bonchev–Trinajstić information content (AvgIpc) is 3.75. The van der Waals surface area contributed by atoms with Crippen LogP contribution >= 0.6 is 0 Å². The normalized spacial score (nSPS) is 11.0. The maximum atomic E-state index is 6.90. The van der Waals surface area contributed by atoms with Gasteiger partial charge in [-0.1, -0.05) is 127 Å². The average molecular weight is 946 g/mol. The van der Waals surface area contributed by atoms with Crippen LogP contribution in [0.1, 0.15) is 0 Å². The third-order valence-corrected chi connectivity index (χ3v) is 12.5. The topological polar surface area (TPSA) is 48.3 Å². The summed E-state index contributed by atoms with van der Waals surface area (Å²) in [5.41, 5.74) is 8.73. The van der Waals surface area contributed by atoms with Gasteiger partial charge in [0.05, 0.1) is 22.4 Å². The summed E-state index contributed by atoms with van der Waals surface area (Å²) in [7, 11) is 0. The SMILES string of the molecule is c1ccc(Oc2cc(Oc3ccc4c5ccc(Oc6cc(Oc7ccccc7)cc(N(c7ccccc7)c7ccccc7)c6)cc5n(-c5ccccc5)c4c3)cc(N(c3ccccc3)c3ccccc3)c2)cc1. The molecule has 73 heavy (non-hydrogen) atoms. The van der Waals surface area contributed by atoms with Crippen molar-refractivity contribution in [2.45, 2.75) is 0 Å². The summed E-state index contributed by atoms with van der Waals surface area (Å²) in [6.45, 7) is 0. The predicted octanol–water partition coefficient (Wildman–Crippen LogP) is 18.9. The van der Waals surface area contributed by atoms with E-state index in [0.717, 1.165) is 73.1 Å². The molecule has 0 saturated carbocycles. The molecule has 0 N–H and O–H groups in total. The summed E-state index contributed by atoms with van der Waals surface area (Å²) in [6.07, 6.45) is 0. The highest BCUT2D eigenvalue weighted by Gasteiger charge is 2.20. The minimum atomic E-state index is 0.619. The Hall–Kier alpha value is -9.98. The molecule has 0 unspecified atom stereocenters. The molecule has 350 valence electrons. The number of para-hydroxylation sites is 7. The zero-order valence-corrected chi connectivity index (χ0v) is 39.6. The Labute approximate surface area is 424 Å². The van der Waals surface area contributed by atoms with Crippen LogP contribution in [0.25, 0.3) is 27.5 Å². The highest BCUT2D eigenvalue weighted by Crippen LogP contribution is 2.44. The summed E-state index contributed by atoms with van der Waals surface area (Å²) < 4.78 is 29.1. The van der Waals surface area contributed by atoms with Crippen molar-refractivity contribution in [1.82, 2.24) is 4.57 Å². The van der Waals surface area contributed by atoms with Gasteiger partial charge in [-0.2, -0.15) is 0 Å². The number of benzene rings is 11. The first kappa shape index (κ1) is 44.2. The van der Waals surface area contributed by atoms with E-state index in [-0.39, 0.29) is 0 Å². The van der Waals surface area contributed by atoms with Gasteiger partial charge < -0.3 is 33.3 Å². The number of aromatic nitrogens is 1. The van der Waals surface area contributed by atoms with Crippen molar-refractivity contribution in [2.24, 2.45) is 0 Å². The Balaban J connectivity index is 0.947. The summed E-state index contributed by atoms with van der Waals surface area (Å²) in [5.74, 6) is 5.30. The maximum Gasteiger partial charge on any atom is 0.133 e. The minimum Gasteiger partial charge on any atom is -0.457 e. The van der Waals surface area contributed by atoms with Gasteiger partial charge in [0.2, 0.25) is 0 Å². The van der Waals surface area contributed by atoms with Crippen LogP contribution in [0.15, 0.2) is 285 Å². The van der Waals surface area contributed by atoms with Crippen LogP contribution in [0.4, 0.5) is 34.1 Å². The van der Waals surface area contributed by atoms with E-state index in [0.29, 0.717) is 34.5 Å². The first-order valence-corrected chi connectivity index (χ1v) is 24.2. The molecule has 11 aromatic carbocycles. The van der Waals surface area contributed by atoms with Gasteiger partial charge in [-0.25, -0.2) is 0 Å². The molecule has 12 aromatic rings. The predicted molar refractivity (Wildman–Crippen MR) is 296 cm³/mol. The third-order valence-electron chi connectivity index (χ3n) is 12.5. The second-order valence-corrected chi connectivity index (χ2v) is 17.4. The summed E-state index contributed by atoms with van der Waals surface area (Å²) >= 11 is 0. The standard InChI is InChI=1S/C66H47N3O4/c1-8-22-48(23-9-1)67(49-24-10-2-11-25-49)53-40-59(70-55-32-18-6-19-33-55)44-61(42-53)72-57-36-38-63-64-39-37-58(47-66(64)69(65(63)46-57)52-30-16-5-17-31-52)73-62-43-54(41-60(45-62)71-56-34-20-7-21-35-56)68(50-26-12-3-13-27-50)51-28-14-4-15-29-51/h1-47H. The zero-order chi connectivity index (χ0) is 48.8. The summed E-state index contributed by atoms with van der Waals surface area (Å²) in [6, 6.07) is 96.0. The highest BCUT2D eigenvalue weighted by molar-refractivity contribution is 6.10. The molecule has 0 fully saturated rings. The fourth-order valence-corrected chi connectivity index (χ4v) is 9.29. The second kappa shape index (κ2) is 20.2. The van der Waals surface area contributed by atoms with Gasteiger partial charge in [0.15, 0.2) is 0 Å². The van der Waals surface area contributed by atoms with E-state index in [4.69, 9.17) is 18.9 Å². The van der Waals surface area contributed by atoms with Gasteiger partial charge in [-0.3, -0.25) is 0 Å². The van der Waals surface area contributed by atoms with Gasteiger partial charge in [0, 0.05) is 87.7 Å². The van der Waals surface area contributed by atoms with Gasteiger partial charge >= 0.3 is 0 Å². The molecule has 7 heteroatoms. The molecule has 12 rings (SSSR count). The zero-order valence-electron chi connectivity index (χ0n) is 39.6. The molecule has 0 bridgehead atoms. The Morgan fingerprint density at radius 2 is 0.507 bits per heavy atom. The number of hydrogen-bond donors (Lipinski definition) is 0. The Morgan fingerprint density at radius 1 is 0.219 bits per heavy atom. The number of anilines is 6. The molecule has 0 radical (unpaired) electrons. The molecule has 7 nitrogen and oxygen atoms in total. The van der Waals surface area contributed by atoms with E-state index in [9.17, 15) is 0 Å². The number of fused-ring (bicyclic) bond motifs is 3. The van der Waals surface area contributed by atoms with E-state index < -0.39 is 0 Å². The van der Waals surface area contributed by atoms with E-state index in [1.165, 1.54) is 0 Å². The fraction of sp³-hybridized carbons (Fsp3) is 0. The number of rotatable bonds is 15. The highest BCUT2D eigenvalue weighted by atomic mass is 16.5. The molecule has 0 aliphatic rings.